The van der Waals surface area contributed by atoms with Gasteiger partial charge in [-0.2, -0.15) is 0 Å². The van der Waals surface area contributed by atoms with Crippen molar-refractivity contribution < 1.29 is 4.74 Å². The molecule has 2 rings (SSSR count). The van der Waals surface area contributed by atoms with Crippen LogP contribution in [0.25, 0.3) is 0 Å². The molecular weight excluding hydrogens is 152 g/mol. The van der Waals surface area contributed by atoms with E-state index in [2.05, 4.69) is 5.32 Å². The van der Waals surface area contributed by atoms with Crippen molar-refractivity contribution in [1.82, 2.24) is 0 Å². The Hall–Kier alpha value is -1.22. The predicted octanol–water partition coefficient (Wildman–Crippen LogP) is 0.950. The quantitative estimate of drug-likeness (QED) is 0.649. The van der Waals surface area contributed by atoms with E-state index in [9.17, 15) is 0 Å². The standard InChI is InChI=1S/C9H12N2O/c10-6-7-2-1-3-8-9(7)12-5-4-11-8/h1-3,11H,4-6,10H2. The van der Waals surface area contributed by atoms with Crippen LogP contribution in [0.2, 0.25) is 0 Å². The van der Waals surface area contributed by atoms with Gasteiger partial charge in [0, 0.05) is 18.7 Å². The molecule has 0 unspecified atom stereocenters. The van der Waals surface area contributed by atoms with Gasteiger partial charge < -0.3 is 15.8 Å². The molecule has 0 radical (unpaired) electrons. The number of anilines is 1. The second-order valence-electron chi connectivity index (χ2n) is 2.77. The van der Waals surface area contributed by atoms with Crippen molar-refractivity contribution in [2.75, 3.05) is 18.5 Å². The smallest absolute Gasteiger partial charge is 0.146 e. The van der Waals surface area contributed by atoms with E-state index in [1.54, 1.807) is 0 Å². The molecule has 0 saturated heterocycles. The normalized spacial score (nSPS) is 14.4. The maximum absolute atomic E-state index is 5.57. The van der Waals surface area contributed by atoms with Gasteiger partial charge in [-0.15, -0.1) is 0 Å². The number of rotatable bonds is 1. The summed E-state index contributed by atoms with van der Waals surface area (Å²) in [6.45, 7) is 2.13. The minimum atomic E-state index is 0.533. The fourth-order valence-corrected chi connectivity index (χ4v) is 1.39. The van der Waals surface area contributed by atoms with Crippen LogP contribution in [0.3, 0.4) is 0 Å². The Labute approximate surface area is 71.5 Å². The van der Waals surface area contributed by atoms with E-state index in [0.717, 1.165) is 30.2 Å². The molecule has 0 fully saturated rings. The number of benzene rings is 1. The highest BCUT2D eigenvalue weighted by atomic mass is 16.5. The first kappa shape index (κ1) is 7.43. The highest BCUT2D eigenvalue weighted by Gasteiger charge is 2.11. The topological polar surface area (TPSA) is 47.3 Å². The molecule has 0 aromatic heterocycles. The summed E-state index contributed by atoms with van der Waals surface area (Å²) in [5.41, 5.74) is 7.69. The largest absolute Gasteiger partial charge is 0.489 e. The number of para-hydroxylation sites is 1. The van der Waals surface area contributed by atoms with E-state index in [0.29, 0.717) is 6.54 Å². The molecule has 0 amide bonds. The van der Waals surface area contributed by atoms with Gasteiger partial charge in [0.2, 0.25) is 0 Å². The fraction of sp³-hybridized carbons (Fsp3) is 0.333. The van der Waals surface area contributed by atoms with Gasteiger partial charge in [-0.25, -0.2) is 0 Å². The maximum atomic E-state index is 5.57. The van der Waals surface area contributed by atoms with E-state index < -0.39 is 0 Å². The summed E-state index contributed by atoms with van der Waals surface area (Å²) in [5.74, 6) is 0.922. The molecule has 1 aliphatic rings. The van der Waals surface area contributed by atoms with Gasteiger partial charge in [0.05, 0.1) is 5.69 Å². The summed E-state index contributed by atoms with van der Waals surface area (Å²) in [5, 5.41) is 3.26. The summed E-state index contributed by atoms with van der Waals surface area (Å²) in [6, 6.07) is 5.99. The lowest BCUT2D eigenvalue weighted by molar-refractivity contribution is 0.320. The zero-order chi connectivity index (χ0) is 8.39. The number of nitrogens with one attached hydrogen (secondary N) is 1. The second-order valence-corrected chi connectivity index (χ2v) is 2.77. The summed E-state index contributed by atoms with van der Waals surface area (Å²) in [4.78, 5) is 0. The van der Waals surface area contributed by atoms with Gasteiger partial charge in [-0.1, -0.05) is 12.1 Å². The summed E-state index contributed by atoms with van der Waals surface area (Å²) in [6.07, 6.45) is 0. The Morgan fingerprint density at radius 1 is 1.50 bits per heavy atom. The van der Waals surface area contributed by atoms with Crippen LogP contribution >= 0.6 is 0 Å². The molecule has 0 atom stereocenters. The number of hydrogen-bond donors (Lipinski definition) is 2. The molecular formula is C9H12N2O. The average molecular weight is 164 g/mol. The van der Waals surface area contributed by atoms with Gasteiger partial charge in [0.15, 0.2) is 0 Å². The van der Waals surface area contributed by atoms with Crippen molar-refractivity contribution in [2.45, 2.75) is 6.54 Å². The molecule has 12 heavy (non-hydrogen) atoms. The maximum Gasteiger partial charge on any atom is 0.146 e. The van der Waals surface area contributed by atoms with Crippen molar-refractivity contribution >= 4 is 5.69 Å². The van der Waals surface area contributed by atoms with E-state index in [1.807, 2.05) is 18.2 Å². The molecule has 3 N–H and O–H groups in total. The van der Waals surface area contributed by atoms with Crippen LogP contribution in [0.15, 0.2) is 18.2 Å². The van der Waals surface area contributed by atoms with E-state index in [-0.39, 0.29) is 0 Å². The molecule has 1 aliphatic heterocycles. The first-order chi connectivity index (χ1) is 5.92. The van der Waals surface area contributed by atoms with Gasteiger partial charge in [-0.05, 0) is 6.07 Å². The molecule has 3 heteroatoms. The van der Waals surface area contributed by atoms with Crippen LogP contribution in [0, 0.1) is 0 Å². The summed E-state index contributed by atoms with van der Waals surface area (Å²) < 4.78 is 5.50. The molecule has 1 heterocycles. The lowest BCUT2D eigenvalue weighted by atomic mass is 10.1. The van der Waals surface area contributed by atoms with E-state index >= 15 is 0 Å². The zero-order valence-electron chi connectivity index (χ0n) is 6.84. The van der Waals surface area contributed by atoms with Gasteiger partial charge >= 0.3 is 0 Å². The predicted molar refractivity (Wildman–Crippen MR) is 48.3 cm³/mol. The van der Waals surface area contributed by atoms with Crippen LogP contribution in [-0.4, -0.2) is 13.2 Å². The number of hydrogen-bond acceptors (Lipinski definition) is 3. The molecule has 3 nitrogen and oxygen atoms in total. The van der Waals surface area contributed by atoms with Crippen LogP contribution in [0.1, 0.15) is 5.56 Å². The highest BCUT2D eigenvalue weighted by molar-refractivity contribution is 5.61. The molecule has 0 spiro atoms. The number of nitrogens with two attached hydrogens (primary N) is 1. The minimum absolute atomic E-state index is 0.533. The van der Waals surface area contributed by atoms with Crippen LogP contribution in [-0.2, 0) is 6.54 Å². The molecule has 1 aromatic rings. The lowest BCUT2D eigenvalue weighted by Gasteiger charge is -2.21. The summed E-state index contributed by atoms with van der Waals surface area (Å²) >= 11 is 0. The second kappa shape index (κ2) is 3.03. The Morgan fingerprint density at radius 3 is 3.25 bits per heavy atom. The van der Waals surface area contributed by atoms with Crippen molar-refractivity contribution in [2.24, 2.45) is 5.73 Å². The minimum Gasteiger partial charge on any atom is -0.489 e. The molecule has 0 bridgehead atoms. The molecule has 0 aliphatic carbocycles. The van der Waals surface area contributed by atoms with Gasteiger partial charge in [-0.3, -0.25) is 0 Å². The summed E-state index contributed by atoms with van der Waals surface area (Å²) in [7, 11) is 0. The first-order valence-electron chi connectivity index (χ1n) is 4.10. The van der Waals surface area contributed by atoms with Crippen molar-refractivity contribution in [3.8, 4) is 5.75 Å². The van der Waals surface area contributed by atoms with Crippen molar-refractivity contribution in [3.05, 3.63) is 23.8 Å². The van der Waals surface area contributed by atoms with Crippen LogP contribution in [0.4, 0.5) is 5.69 Å². The van der Waals surface area contributed by atoms with Crippen molar-refractivity contribution in [3.63, 3.8) is 0 Å². The lowest BCUT2D eigenvalue weighted by Crippen LogP contribution is -2.19. The SMILES string of the molecule is NCc1cccc2c1OCCN2. The Bertz CT molecular complexity index is 272. The molecule has 0 saturated carbocycles. The Morgan fingerprint density at radius 2 is 2.42 bits per heavy atom. The fourth-order valence-electron chi connectivity index (χ4n) is 1.39. The van der Waals surface area contributed by atoms with E-state index in [1.165, 1.54) is 0 Å². The third-order valence-corrected chi connectivity index (χ3v) is 1.98. The van der Waals surface area contributed by atoms with Gasteiger partial charge in [0.1, 0.15) is 12.4 Å². The average Bonchev–Trinajstić information content (AvgIpc) is 2.17. The van der Waals surface area contributed by atoms with Crippen LogP contribution < -0.4 is 15.8 Å². The third-order valence-electron chi connectivity index (χ3n) is 1.98. The van der Waals surface area contributed by atoms with E-state index in [4.69, 9.17) is 10.5 Å². The Kier molecular flexibility index (Phi) is 1.87. The number of fused-ring (bicyclic) bond motifs is 1. The molecule has 1 aromatic carbocycles. The highest BCUT2D eigenvalue weighted by Crippen LogP contribution is 2.30. The van der Waals surface area contributed by atoms with Gasteiger partial charge in [0.25, 0.3) is 0 Å². The van der Waals surface area contributed by atoms with Crippen LogP contribution in [0.5, 0.6) is 5.75 Å². The monoisotopic (exact) mass is 164 g/mol. The van der Waals surface area contributed by atoms with Crippen molar-refractivity contribution in [1.29, 1.82) is 0 Å². The third kappa shape index (κ3) is 1.12. The molecule has 64 valence electrons. The first-order valence-corrected chi connectivity index (χ1v) is 4.10. The number of ether oxygens (including phenoxy) is 1. The zero-order valence-corrected chi connectivity index (χ0v) is 6.84. The Balaban J connectivity index is 2.44.